The Morgan fingerprint density at radius 2 is 0.955 bits per heavy atom. The molecule has 0 spiro atoms. The Bertz CT molecular complexity index is 1340. The number of likely N-dealkylation sites (N-methyl/N-ethyl adjacent to an activating group) is 1. The number of carbonyl (C=O) groups is 2. The SMILES string of the molecule is CC/C=C/C/C=C/C/C=C/CCCCCCC(=O)OC(/C=C/CCCCCCCCCCCC)C(COP(=O)([O-])OCC[N+](C)(C)C)NC(=O)CCCCCCCCC/C=C\CCCCCC. The fourth-order valence-electron chi connectivity index (χ4n) is 7.65. The number of amides is 1. The van der Waals surface area contributed by atoms with Crippen molar-refractivity contribution < 1.29 is 37.3 Å². The van der Waals surface area contributed by atoms with Crippen LogP contribution in [0.3, 0.4) is 0 Å². The van der Waals surface area contributed by atoms with E-state index < -0.39 is 26.6 Å². The quantitative estimate of drug-likeness (QED) is 0.0212. The summed E-state index contributed by atoms with van der Waals surface area (Å²) >= 11 is 0. The molecular formula is C57H105N2O7P. The number of nitrogens with zero attached hydrogens (tertiary/aromatic N) is 1. The molecule has 0 heterocycles. The summed E-state index contributed by atoms with van der Waals surface area (Å²) in [7, 11) is 1.16. The van der Waals surface area contributed by atoms with E-state index in [1.54, 1.807) is 0 Å². The first-order chi connectivity index (χ1) is 32.4. The van der Waals surface area contributed by atoms with Crippen molar-refractivity contribution >= 4 is 19.7 Å². The Kier molecular flexibility index (Phi) is 45.8. The summed E-state index contributed by atoms with van der Waals surface area (Å²) in [5.41, 5.74) is 0. The molecule has 3 unspecified atom stereocenters. The minimum absolute atomic E-state index is 0.0282. The van der Waals surface area contributed by atoms with Gasteiger partial charge in [-0.15, -0.1) is 0 Å². The van der Waals surface area contributed by atoms with E-state index >= 15 is 0 Å². The molecule has 1 amide bonds. The Balaban J connectivity index is 5.43. The van der Waals surface area contributed by atoms with Crippen LogP contribution in [0.15, 0.2) is 60.8 Å². The molecule has 0 saturated carbocycles. The van der Waals surface area contributed by atoms with Crippen LogP contribution < -0.4 is 10.2 Å². The van der Waals surface area contributed by atoms with E-state index in [0.29, 0.717) is 23.9 Å². The molecule has 0 aromatic heterocycles. The van der Waals surface area contributed by atoms with E-state index in [2.05, 4.69) is 74.7 Å². The third-order valence-electron chi connectivity index (χ3n) is 11.9. The third kappa shape index (κ3) is 48.5. The van der Waals surface area contributed by atoms with Crippen molar-refractivity contribution in [2.24, 2.45) is 0 Å². The predicted molar refractivity (Wildman–Crippen MR) is 284 cm³/mol. The first-order valence-electron chi connectivity index (χ1n) is 27.6. The second kappa shape index (κ2) is 47.4. The molecule has 0 aromatic carbocycles. The number of unbranched alkanes of at least 4 members (excludes halogenated alkanes) is 25. The Morgan fingerprint density at radius 3 is 1.46 bits per heavy atom. The van der Waals surface area contributed by atoms with Crippen LogP contribution in [0, 0.1) is 0 Å². The molecule has 0 radical (unpaired) electrons. The molecule has 0 aliphatic rings. The van der Waals surface area contributed by atoms with Gasteiger partial charge in [0.15, 0.2) is 0 Å². The van der Waals surface area contributed by atoms with Crippen molar-refractivity contribution in [3.63, 3.8) is 0 Å². The lowest BCUT2D eigenvalue weighted by molar-refractivity contribution is -0.870. The lowest BCUT2D eigenvalue weighted by atomic mass is 10.0. The Hall–Kier alpha value is -2.29. The zero-order valence-corrected chi connectivity index (χ0v) is 45.2. The van der Waals surface area contributed by atoms with Crippen molar-refractivity contribution in [1.29, 1.82) is 0 Å². The molecule has 0 bridgehead atoms. The third-order valence-corrected chi connectivity index (χ3v) is 12.9. The largest absolute Gasteiger partial charge is 0.756 e. The molecule has 10 heteroatoms. The van der Waals surface area contributed by atoms with E-state index in [9.17, 15) is 19.0 Å². The second-order valence-electron chi connectivity index (χ2n) is 19.7. The van der Waals surface area contributed by atoms with Gasteiger partial charge in [-0.1, -0.05) is 197 Å². The number of phosphoric ester groups is 1. The number of nitrogens with one attached hydrogen (secondary N) is 1. The van der Waals surface area contributed by atoms with Crippen LogP contribution in [-0.2, 0) is 27.9 Å². The molecule has 67 heavy (non-hydrogen) atoms. The Morgan fingerprint density at radius 1 is 0.537 bits per heavy atom. The average molecular weight is 961 g/mol. The monoisotopic (exact) mass is 961 g/mol. The summed E-state index contributed by atoms with van der Waals surface area (Å²) in [6.07, 6.45) is 57.5. The summed E-state index contributed by atoms with van der Waals surface area (Å²) in [6.45, 7) is 6.69. The van der Waals surface area contributed by atoms with Crippen LogP contribution in [-0.4, -0.2) is 69.4 Å². The van der Waals surface area contributed by atoms with Gasteiger partial charge in [0.1, 0.15) is 19.3 Å². The number of phosphoric acid groups is 1. The van der Waals surface area contributed by atoms with Gasteiger partial charge in [0.2, 0.25) is 5.91 Å². The maximum atomic E-state index is 13.5. The number of hydrogen-bond donors (Lipinski definition) is 1. The van der Waals surface area contributed by atoms with Gasteiger partial charge in [-0.05, 0) is 89.5 Å². The molecule has 1 N–H and O–H groups in total. The van der Waals surface area contributed by atoms with Crippen LogP contribution in [0.2, 0.25) is 0 Å². The molecule has 9 nitrogen and oxygen atoms in total. The maximum absolute atomic E-state index is 13.5. The lowest BCUT2D eigenvalue weighted by Gasteiger charge is -2.30. The zero-order chi connectivity index (χ0) is 49.4. The number of carbonyl (C=O) groups excluding carboxylic acids is 2. The highest BCUT2D eigenvalue weighted by Gasteiger charge is 2.27. The van der Waals surface area contributed by atoms with Crippen molar-refractivity contribution in [2.45, 2.75) is 251 Å². The van der Waals surface area contributed by atoms with Crippen LogP contribution in [0.1, 0.15) is 239 Å². The van der Waals surface area contributed by atoms with Crippen LogP contribution >= 0.6 is 7.82 Å². The summed E-state index contributed by atoms with van der Waals surface area (Å²) in [5.74, 6) is -0.573. The van der Waals surface area contributed by atoms with E-state index in [1.807, 2.05) is 33.3 Å². The summed E-state index contributed by atoms with van der Waals surface area (Å²) in [4.78, 5) is 39.8. The lowest BCUT2D eigenvalue weighted by Crippen LogP contribution is -2.47. The van der Waals surface area contributed by atoms with Gasteiger partial charge < -0.3 is 28.5 Å². The highest BCUT2D eigenvalue weighted by atomic mass is 31.2. The summed E-state index contributed by atoms with van der Waals surface area (Å²) in [6, 6.07) is -0.899. The summed E-state index contributed by atoms with van der Waals surface area (Å²) in [5, 5.41) is 3.01. The molecule has 0 aliphatic heterocycles. The van der Waals surface area contributed by atoms with Crippen LogP contribution in [0.25, 0.3) is 0 Å². The number of quaternary nitrogens is 1. The molecule has 0 rings (SSSR count). The van der Waals surface area contributed by atoms with Crippen LogP contribution in [0.5, 0.6) is 0 Å². The molecule has 0 aliphatic carbocycles. The minimum atomic E-state index is -4.70. The molecule has 3 atom stereocenters. The van der Waals surface area contributed by atoms with Crippen molar-refractivity contribution in [1.82, 2.24) is 5.32 Å². The van der Waals surface area contributed by atoms with E-state index in [-0.39, 0.29) is 24.9 Å². The number of ether oxygens (including phenoxy) is 1. The minimum Gasteiger partial charge on any atom is -0.756 e. The number of rotatable bonds is 49. The highest BCUT2D eigenvalue weighted by Crippen LogP contribution is 2.38. The van der Waals surface area contributed by atoms with E-state index in [1.165, 1.54) is 103 Å². The van der Waals surface area contributed by atoms with Gasteiger partial charge in [0.25, 0.3) is 7.82 Å². The number of allylic oxidation sites excluding steroid dienone is 9. The average Bonchev–Trinajstić information content (AvgIpc) is 3.28. The van der Waals surface area contributed by atoms with Gasteiger partial charge in [-0.2, -0.15) is 0 Å². The first-order valence-corrected chi connectivity index (χ1v) is 29.1. The predicted octanol–water partition coefficient (Wildman–Crippen LogP) is 15.7. The van der Waals surface area contributed by atoms with Gasteiger partial charge in [0.05, 0.1) is 33.8 Å². The second-order valence-corrected chi connectivity index (χ2v) is 21.1. The summed E-state index contributed by atoms with van der Waals surface area (Å²) < 4.78 is 30.2. The highest BCUT2D eigenvalue weighted by molar-refractivity contribution is 7.45. The van der Waals surface area contributed by atoms with Gasteiger partial charge in [-0.25, -0.2) is 0 Å². The molecular weight excluding hydrogens is 856 g/mol. The van der Waals surface area contributed by atoms with E-state index in [0.717, 1.165) is 96.3 Å². The first kappa shape index (κ1) is 64.7. The van der Waals surface area contributed by atoms with Crippen LogP contribution in [0.4, 0.5) is 0 Å². The smallest absolute Gasteiger partial charge is 0.306 e. The molecule has 0 fully saturated rings. The molecule has 0 aromatic rings. The Labute approximate surface area is 413 Å². The topological polar surface area (TPSA) is 114 Å². The van der Waals surface area contributed by atoms with Gasteiger partial charge in [-0.3, -0.25) is 14.2 Å². The maximum Gasteiger partial charge on any atom is 0.306 e. The standard InChI is InChI=1S/C57H105N2O7P/c1-7-10-13-16-19-22-25-28-30-31-34-37-40-43-46-49-56(60)58-54(53-65-67(62,63)64-52-51-59(4,5)6)55(48-45-42-39-36-33-27-24-21-18-15-12-9-3)66-57(61)50-47-44-41-38-35-32-29-26-23-20-17-14-11-8-2/h11,14,20,22-23,25,29,32,45,48,54-55H,7-10,12-13,15-19,21,24,26-28,30-31,33-44,46-47,49-53H2,1-6H3,(H-,58,60,62,63)/b14-11+,23-20+,25-22-,32-29+,48-45+. The normalized spacial score (nSPS) is 14.3. The fraction of sp³-hybridized carbons (Fsp3) is 0.789. The van der Waals surface area contributed by atoms with Crippen molar-refractivity contribution in [3.8, 4) is 0 Å². The number of hydrogen-bond acceptors (Lipinski definition) is 7. The zero-order valence-electron chi connectivity index (χ0n) is 44.3. The van der Waals surface area contributed by atoms with Gasteiger partial charge in [0, 0.05) is 12.8 Å². The molecule has 0 saturated heterocycles. The van der Waals surface area contributed by atoms with Gasteiger partial charge >= 0.3 is 5.97 Å². The van der Waals surface area contributed by atoms with Crippen molar-refractivity contribution in [3.05, 3.63) is 60.8 Å². The van der Waals surface area contributed by atoms with E-state index in [4.69, 9.17) is 13.8 Å². The van der Waals surface area contributed by atoms with Crippen molar-refractivity contribution in [2.75, 3.05) is 40.9 Å². The number of esters is 1. The molecule has 390 valence electrons. The fourth-order valence-corrected chi connectivity index (χ4v) is 8.37.